The van der Waals surface area contributed by atoms with Gasteiger partial charge < -0.3 is 4.90 Å². The van der Waals surface area contributed by atoms with Gasteiger partial charge in [0, 0.05) is 24.0 Å². The molecular weight excluding hydrogens is 229 g/mol. The van der Waals surface area contributed by atoms with Crippen LogP contribution in [0.15, 0.2) is 24.3 Å². The molecule has 1 aliphatic rings. The smallest absolute Gasteiger partial charge is 0.254 e. The van der Waals surface area contributed by atoms with Crippen molar-refractivity contribution >= 4 is 17.5 Å². The Morgan fingerprint density at radius 1 is 1.56 bits per heavy atom. The van der Waals surface area contributed by atoms with E-state index in [1.807, 2.05) is 0 Å². The first-order chi connectivity index (χ1) is 7.72. The molecule has 1 amide bonds. The second kappa shape index (κ2) is 4.83. The molecule has 0 radical (unpaired) electrons. The fourth-order valence-electron chi connectivity index (χ4n) is 2.05. The maximum atomic E-state index is 13.0. The molecule has 0 aromatic heterocycles. The molecule has 86 valence electrons. The molecule has 2 nitrogen and oxygen atoms in total. The Morgan fingerprint density at radius 3 is 3.06 bits per heavy atom. The third-order valence-corrected chi connectivity index (χ3v) is 3.24. The second-order valence-corrected chi connectivity index (χ2v) is 4.27. The summed E-state index contributed by atoms with van der Waals surface area (Å²) < 4.78 is 13.0. The van der Waals surface area contributed by atoms with Gasteiger partial charge in [0.1, 0.15) is 5.82 Å². The molecule has 1 aromatic carbocycles. The first-order valence-electron chi connectivity index (χ1n) is 5.35. The normalized spacial score (nSPS) is 20.1. The predicted octanol–water partition coefficient (Wildman–Crippen LogP) is 2.67. The van der Waals surface area contributed by atoms with E-state index in [1.165, 1.54) is 12.1 Å². The Bertz CT molecular complexity index is 396. The highest BCUT2D eigenvalue weighted by atomic mass is 35.5. The molecule has 1 aliphatic heterocycles. The summed E-state index contributed by atoms with van der Waals surface area (Å²) in [4.78, 5) is 13.8. The number of alkyl halides is 1. The highest BCUT2D eigenvalue weighted by Crippen LogP contribution is 2.21. The van der Waals surface area contributed by atoms with Gasteiger partial charge in [-0.15, -0.1) is 11.6 Å². The maximum Gasteiger partial charge on any atom is 0.254 e. The lowest BCUT2D eigenvalue weighted by molar-refractivity contribution is 0.0748. The van der Waals surface area contributed by atoms with Crippen LogP contribution < -0.4 is 0 Å². The zero-order valence-electron chi connectivity index (χ0n) is 8.83. The van der Waals surface area contributed by atoms with Crippen LogP contribution in [-0.2, 0) is 0 Å². The molecule has 2 rings (SSSR count). The molecule has 0 bridgehead atoms. The minimum Gasteiger partial charge on any atom is -0.334 e. The van der Waals surface area contributed by atoms with Crippen molar-refractivity contribution in [1.82, 2.24) is 4.90 Å². The van der Waals surface area contributed by atoms with E-state index in [-0.39, 0.29) is 17.8 Å². The van der Waals surface area contributed by atoms with Gasteiger partial charge in [0.05, 0.1) is 0 Å². The number of carbonyl (C=O) groups excluding carboxylic acids is 1. The molecule has 1 heterocycles. The van der Waals surface area contributed by atoms with Crippen LogP contribution in [0.5, 0.6) is 0 Å². The Hall–Kier alpha value is -1.09. The molecule has 16 heavy (non-hydrogen) atoms. The van der Waals surface area contributed by atoms with Crippen molar-refractivity contribution in [1.29, 1.82) is 0 Å². The summed E-state index contributed by atoms with van der Waals surface area (Å²) in [6.45, 7) is 0.715. The summed E-state index contributed by atoms with van der Waals surface area (Å²) in [5.41, 5.74) is 0.400. The van der Waals surface area contributed by atoms with E-state index >= 15 is 0 Å². The highest BCUT2D eigenvalue weighted by molar-refractivity contribution is 6.18. The van der Waals surface area contributed by atoms with E-state index in [0.29, 0.717) is 18.0 Å². The SMILES string of the molecule is O=C(c1cccc(F)c1)N1CCC[C@H]1CCl. The van der Waals surface area contributed by atoms with Gasteiger partial charge >= 0.3 is 0 Å². The molecule has 0 unspecified atom stereocenters. The summed E-state index contributed by atoms with van der Waals surface area (Å²) in [6, 6.07) is 5.88. The molecule has 4 heteroatoms. The third-order valence-electron chi connectivity index (χ3n) is 2.89. The highest BCUT2D eigenvalue weighted by Gasteiger charge is 2.28. The Morgan fingerprint density at radius 2 is 2.38 bits per heavy atom. The molecular formula is C12H13ClFNO. The lowest BCUT2D eigenvalue weighted by Gasteiger charge is -2.22. The van der Waals surface area contributed by atoms with Crippen molar-refractivity contribution in [2.45, 2.75) is 18.9 Å². The number of carbonyl (C=O) groups is 1. The van der Waals surface area contributed by atoms with Gasteiger partial charge in [-0.3, -0.25) is 4.79 Å². The Balaban J connectivity index is 2.18. The van der Waals surface area contributed by atoms with Crippen molar-refractivity contribution < 1.29 is 9.18 Å². The van der Waals surface area contributed by atoms with Crippen LogP contribution in [0, 0.1) is 5.82 Å². The number of hydrogen-bond acceptors (Lipinski definition) is 1. The summed E-state index contributed by atoms with van der Waals surface area (Å²) in [6.07, 6.45) is 1.91. The van der Waals surface area contributed by atoms with Crippen molar-refractivity contribution in [2.24, 2.45) is 0 Å². The molecule has 0 aliphatic carbocycles. The topological polar surface area (TPSA) is 20.3 Å². The van der Waals surface area contributed by atoms with Gasteiger partial charge in [0.25, 0.3) is 5.91 Å². The largest absolute Gasteiger partial charge is 0.334 e. The molecule has 0 saturated carbocycles. The predicted molar refractivity (Wildman–Crippen MR) is 61.2 cm³/mol. The van der Waals surface area contributed by atoms with Gasteiger partial charge in [0.15, 0.2) is 0 Å². The molecule has 0 spiro atoms. The number of likely N-dealkylation sites (tertiary alicyclic amines) is 1. The van der Waals surface area contributed by atoms with E-state index in [9.17, 15) is 9.18 Å². The number of benzene rings is 1. The zero-order chi connectivity index (χ0) is 11.5. The zero-order valence-corrected chi connectivity index (χ0v) is 9.58. The number of amides is 1. The average Bonchev–Trinajstić information content (AvgIpc) is 2.76. The summed E-state index contributed by atoms with van der Waals surface area (Å²) in [5, 5.41) is 0. The fourth-order valence-corrected chi connectivity index (χ4v) is 2.37. The summed E-state index contributed by atoms with van der Waals surface area (Å²) in [5.74, 6) is -0.0590. The first-order valence-corrected chi connectivity index (χ1v) is 5.88. The van der Waals surface area contributed by atoms with Crippen LogP contribution in [0.3, 0.4) is 0 Å². The van der Waals surface area contributed by atoms with Gasteiger partial charge in [-0.1, -0.05) is 6.07 Å². The van der Waals surface area contributed by atoms with Crippen LogP contribution in [0.4, 0.5) is 4.39 Å². The fraction of sp³-hybridized carbons (Fsp3) is 0.417. The van der Waals surface area contributed by atoms with E-state index < -0.39 is 0 Å². The number of halogens is 2. The summed E-state index contributed by atoms with van der Waals surface area (Å²) in [7, 11) is 0. The standard InChI is InChI=1S/C12H13ClFNO/c13-8-11-5-2-6-15(11)12(16)9-3-1-4-10(14)7-9/h1,3-4,7,11H,2,5-6,8H2/t11-/m0/s1. The molecule has 1 fully saturated rings. The molecule has 1 saturated heterocycles. The molecule has 1 aromatic rings. The van der Waals surface area contributed by atoms with Crippen molar-refractivity contribution in [3.05, 3.63) is 35.6 Å². The number of nitrogens with zero attached hydrogens (tertiary/aromatic N) is 1. The molecule has 1 atom stereocenters. The van der Waals surface area contributed by atoms with Crippen molar-refractivity contribution in [3.8, 4) is 0 Å². The van der Waals surface area contributed by atoms with E-state index in [2.05, 4.69) is 0 Å². The lowest BCUT2D eigenvalue weighted by atomic mass is 10.2. The van der Waals surface area contributed by atoms with E-state index in [4.69, 9.17) is 11.6 Å². The van der Waals surface area contributed by atoms with Crippen LogP contribution in [-0.4, -0.2) is 29.3 Å². The average molecular weight is 242 g/mol. The van der Waals surface area contributed by atoms with Gasteiger partial charge in [-0.2, -0.15) is 0 Å². The Labute approximate surface area is 99.0 Å². The monoisotopic (exact) mass is 241 g/mol. The second-order valence-electron chi connectivity index (χ2n) is 3.96. The van der Waals surface area contributed by atoms with E-state index in [1.54, 1.807) is 17.0 Å². The van der Waals surface area contributed by atoms with Crippen molar-refractivity contribution in [2.75, 3.05) is 12.4 Å². The van der Waals surface area contributed by atoms with Gasteiger partial charge in [-0.05, 0) is 31.0 Å². The minimum absolute atomic E-state index is 0.0948. The Kier molecular flexibility index (Phi) is 3.44. The lowest BCUT2D eigenvalue weighted by Crippen LogP contribution is -2.36. The first kappa shape index (κ1) is 11.4. The van der Waals surface area contributed by atoms with Crippen LogP contribution in [0.2, 0.25) is 0 Å². The number of hydrogen-bond donors (Lipinski definition) is 0. The van der Waals surface area contributed by atoms with Crippen LogP contribution >= 0.6 is 11.6 Å². The van der Waals surface area contributed by atoms with Gasteiger partial charge in [-0.25, -0.2) is 4.39 Å². The maximum absolute atomic E-state index is 13.0. The van der Waals surface area contributed by atoms with Crippen LogP contribution in [0.1, 0.15) is 23.2 Å². The quantitative estimate of drug-likeness (QED) is 0.729. The molecule has 0 N–H and O–H groups in total. The van der Waals surface area contributed by atoms with Crippen molar-refractivity contribution in [3.63, 3.8) is 0 Å². The van der Waals surface area contributed by atoms with Gasteiger partial charge in [0.2, 0.25) is 0 Å². The van der Waals surface area contributed by atoms with E-state index in [0.717, 1.165) is 12.8 Å². The third kappa shape index (κ3) is 2.19. The minimum atomic E-state index is -0.382. The summed E-state index contributed by atoms with van der Waals surface area (Å²) >= 11 is 5.80. The number of rotatable bonds is 2. The van der Waals surface area contributed by atoms with Crippen LogP contribution in [0.25, 0.3) is 0 Å².